The van der Waals surface area contributed by atoms with E-state index >= 15 is 0 Å². The molecule has 3 aromatic rings. The van der Waals surface area contributed by atoms with Crippen molar-refractivity contribution >= 4 is 15.7 Å². The van der Waals surface area contributed by atoms with Crippen LogP contribution in [0.2, 0.25) is 0 Å². The second kappa shape index (κ2) is 9.17. The van der Waals surface area contributed by atoms with Crippen LogP contribution in [0.4, 0.5) is 13.2 Å². The molecule has 0 radical (unpaired) electrons. The number of hydrogen-bond acceptors (Lipinski definition) is 5. The summed E-state index contributed by atoms with van der Waals surface area (Å²) in [4.78, 5) is 14.8. The van der Waals surface area contributed by atoms with Crippen LogP contribution in [0.5, 0.6) is 5.75 Å². The fraction of sp³-hybridized carbons (Fsp3) is 0.292. The first-order valence-corrected chi connectivity index (χ1v) is 12.3. The molecular formula is C24H22F3NO5S. The minimum absolute atomic E-state index is 0.0206. The molecule has 2 heterocycles. The Bertz CT molecular complexity index is 1300. The number of amides is 1. The molecule has 1 amide bonds. The average molecular weight is 494 g/mol. The Balaban J connectivity index is 1.63. The molecule has 0 bridgehead atoms. The molecule has 0 aliphatic carbocycles. The maximum atomic E-state index is 13.4. The maximum Gasteiger partial charge on any atom is 0.416 e. The molecule has 1 aliphatic rings. The Morgan fingerprint density at radius 3 is 2.56 bits per heavy atom. The monoisotopic (exact) mass is 493 g/mol. The summed E-state index contributed by atoms with van der Waals surface area (Å²) in [7, 11) is -1.80. The van der Waals surface area contributed by atoms with Crippen LogP contribution < -0.4 is 4.74 Å². The van der Waals surface area contributed by atoms with Crippen molar-refractivity contribution in [3.8, 4) is 17.1 Å². The van der Waals surface area contributed by atoms with E-state index in [-0.39, 0.29) is 29.4 Å². The quantitative estimate of drug-likeness (QED) is 0.493. The van der Waals surface area contributed by atoms with E-state index in [1.807, 2.05) is 0 Å². The highest BCUT2D eigenvalue weighted by molar-refractivity contribution is 7.91. The van der Waals surface area contributed by atoms with Crippen LogP contribution in [0.25, 0.3) is 11.3 Å². The van der Waals surface area contributed by atoms with Gasteiger partial charge >= 0.3 is 6.18 Å². The first kappa shape index (κ1) is 23.9. The number of alkyl halides is 3. The third-order valence-electron chi connectivity index (χ3n) is 5.69. The molecule has 34 heavy (non-hydrogen) atoms. The van der Waals surface area contributed by atoms with Crippen molar-refractivity contribution in [3.63, 3.8) is 0 Å². The largest absolute Gasteiger partial charge is 0.497 e. The summed E-state index contributed by atoms with van der Waals surface area (Å²) in [6, 6.07) is 13.8. The average Bonchev–Trinajstić information content (AvgIpc) is 3.42. The van der Waals surface area contributed by atoms with Crippen molar-refractivity contribution in [1.29, 1.82) is 0 Å². The number of ether oxygens (including phenoxy) is 1. The number of methoxy groups -OCH3 is 1. The number of nitrogens with zero attached hydrogens (tertiary/aromatic N) is 1. The van der Waals surface area contributed by atoms with Gasteiger partial charge in [0.05, 0.1) is 30.7 Å². The summed E-state index contributed by atoms with van der Waals surface area (Å²) in [5.74, 6) is 0.450. The zero-order valence-electron chi connectivity index (χ0n) is 18.2. The van der Waals surface area contributed by atoms with Crippen LogP contribution in [0.15, 0.2) is 65.1 Å². The van der Waals surface area contributed by atoms with Crippen molar-refractivity contribution in [2.75, 3.05) is 18.6 Å². The Morgan fingerprint density at radius 1 is 1.12 bits per heavy atom. The molecule has 180 valence electrons. The molecule has 1 unspecified atom stereocenters. The van der Waals surface area contributed by atoms with Crippen LogP contribution in [0.1, 0.15) is 28.1 Å². The number of halogens is 3. The van der Waals surface area contributed by atoms with Gasteiger partial charge in [0.15, 0.2) is 9.84 Å². The standard InChI is InChI=1S/C24H22F3NO5S/c1-32-20-7-3-5-17(13-20)23(29)28(19-10-11-34(30,31)15-19)14-21-8-9-22(33-21)16-4-2-6-18(12-16)24(25,26)27/h2-9,12-13,19H,10-11,14-15H2,1H3. The lowest BCUT2D eigenvalue weighted by Crippen LogP contribution is -2.40. The van der Waals surface area contributed by atoms with Gasteiger partial charge in [0.1, 0.15) is 17.3 Å². The highest BCUT2D eigenvalue weighted by atomic mass is 32.2. The van der Waals surface area contributed by atoms with Gasteiger partial charge in [-0.2, -0.15) is 13.2 Å². The summed E-state index contributed by atoms with van der Waals surface area (Å²) in [6.07, 6.45) is -4.20. The summed E-state index contributed by atoms with van der Waals surface area (Å²) < 4.78 is 74.3. The lowest BCUT2D eigenvalue weighted by molar-refractivity contribution is -0.137. The summed E-state index contributed by atoms with van der Waals surface area (Å²) >= 11 is 0. The molecule has 1 atom stereocenters. The van der Waals surface area contributed by atoms with E-state index in [0.717, 1.165) is 12.1 Å². The van der Waals surface area contributed by atoms with Crippen molar-refractivity contribution in [3.05, 3.63) is 77.6 Å². The minimum atomic E-state index is -4.49. The van der Waals surface area contributed by atoms with Crippen molar-refractivity contribution in [1.82, 2.24) is 4.90 Å². The van der Waals surface area contributed by atoms with Crippen molar-refractivity contribution < 1.29 is 35.5 Å². The Kier molecular flexibility index (Phi) is 6.44. The predicted octanol–water partition coefficient (Wildman–Crippen LogP) is 4.80. The fourth-order valence-corrected chi connectivity index (χ4v) is 5.68. The van der Waals surface area contributed by atoms with Gasteiger partial charge in [0, 0.05) is 17.2 Å². The number of rotatable bonds is 6. The van der Waals surface area contributed by atoms with Crippen LogP contribution in [-0.4, -0.2) is 43.9 Å². The maximum absolute atomic E-state index is 13.4. The van der Waals surface area contributed by atoms with E-state index in [2.05, 4.69) is 0 Å². The van der Waals surface area contributed by atoms with Crippen LogP contribution in [-0.2, 0) is 22.6 Å². The van der Waals surface area contributed by atoms with E-state index in [0.29, 0.717) is 23.5 Å². The molecule has 1 aromatic heterocycles. The smallest absolute Gasteiger partial charge is 0.416 e. The fourth-order valence-electron chi connectivity index (χ4n) is 3.94. The first-order chi connectivity index (χ1) is 16.1. The number of sulfone groups is 1. The third kappa shape index (κ3) is 5.27. The summed E-state index contributed by atoms with van der Waals surface area (Å²) in [5, 5.41) is 0. The second-order valence-electron chi connectivity index (χ2n) is 8.07. The lowest BCUT2D eigenvalue weighted by Gasteiger charge is -2.27. The molecule has 0 N–H and O–H groups in total. The number of furan rings is 1. The molecule has 1 saturated heterocycles. The van der Waals surface area contributed by atoms with Crippen molar-refractivity contribution in [2.24, 2.45) is 0 Å². The van der Waals surface area contributed by atoms with E-state index in [1.165, 1.54) is 30.2 Å². The van der Waals surface area contributed by atoms with Gasteiger partial charge in [-0.3, -0.25) is 4.79 Å². The van der Waals surface area contributed by atoms with Gasteiger partial charge in [0.25, 0.3) is 5.91 Å². The van der Waals surface area contributed by atoms with Gasteiger partial charge in [-0.1, -0.05) is 18.2 Å². The normalized spacial score (nSPS) is 17.5. The molecule has 6 nitrogen and oxygen atoms in total. The highest BCUT2D eigenvalue weighted by Gasteiger charge is 2.36. The predicted molar refractivity (Wildman–Crippen MR) is 119 cm³/mol. The summed E-state index contributed by atoms with van der Waals surface area (Å²) in [5.41, 5.74) is -0.225. The molecule has 2 aromatic carbocycles. The molecular weight excluding hydrogens is 471 g/mol. The summed E-state index contributed by atoms with van der Waals surface area (Å²) in [6.45, 7) is -0.0325. The molecule has 4 rings (SSSR count). The zero-order valence-corrected chi connectivity index (χ0v) is 19.0. The topological polar surface area (TPSA) is 76.8 Å². The molecule has 0 saturated carbocycles. The van der Waals surface area contributed by atoms with Gasteiger partial charge in [0.2, 0.25) is 0 Å². The molecule has 1 aliphatic heterocycles. The minimum Gasteiger partial charge on any atom is -0.497 e. The van der Waals surface area contributed by atoms with Gasteiger partial charge in [-0.25, -0.2) is 8.42 Å². The second-order valence-corrected chi connectivity index (χ2v) is 10.3. The third-order valence-corrected chi connectivity index (χ3v) is 7.44. The number of carbonyl (C=O) groups is 1. The van der Waals surface area contributed by atoms with Gasteiger partial charge in [-0.05, 0) is 48.9 Å². The van der Waals surface area contributed by atoms with Crippen LogP contribution in [0.3, 0.4) is 0 Å². The highest BCUT2D eigenvalue weighted by Crippen LogP contribution is 2.33. The van der Waals surface area contributed by atoms with E-state index < -0.39 is 33.5 Å². The van der Waals surface area contributed by atoms with E-state index in [1.54, 1.807) is 30.3 Å². The molecule has 1 fully saturated rings. The lowest BCUT2D eigenvalue weighted by atomic mass is 10.1. The Hall–Kier alpha value is -3.27. The number of carbonyl (C=O) groups excluding carboxylic acids is 1. The van der Waals surface area contributed by atoms with E-state index in [4.69, 9.17) is 9.15 Å². The SMILES string of the molecule is COc1cccc(C(=O)N(Cc2ccc(-c3cccc(C(F)(F)F)c3)o2)C2CCS(=O)(=O)C2)c1. The van der Waals surface area contributed by atoms with Crippen molar-refractivity contribution in [2.45, 2.75) is 25.2 Å². The number of benzene rings is 2. The Morgan fingerprint density at radius 2 is 1.88 bits per heavy atom. The van der Waals surface area contributed by atoms with E-state index in [9.17, 15) is 26.4 Å². The zero-order chi connectivity index (χ0) is 24.5. The van der Waals surface area contributed by atoms with Crippen LogP contribution >= 0.6 is 0 Å². The molecule has 10 heteroatoms. The van der Waals surface area contributed by atoms with Crippen LogP contribution in [0, 0.1) is 0 Å². The number of hydrogen-bond donors (Lipinski definition) is 0. The molecule has 0 spiro atoms. The van der Waals surface area contributed by atoms with Gasteiger partial charge in [-0.15, -0.1) is 0 Å². The Labute approximate surface area is 194 Å². The van der Waals surface area contributed by atoms with Gasteiger partial charge < -0.3 is 14.1 Å². The first-order valence-electron chi connectivity index (χ1n) is 10.5.